The number of amides is 1. The van der Waals surface area contributed by atoms with Gasteiger partial charge in [0.1, 0.15) is 5.75 Å². The number of nitrogens with zero attached hydrogens (tertiary/aromatic N) is 1. The highest BCUT2D eigenvalue weighted by Gasteiger charge is 2.14. The van der Waals surface area contributed by atoms with Gasteiger partial charge in [0.25, 0.3) is 5.91 Å². The molecule has 0 aliphatic heterocycles. The van der Waals surface area contributed by atoms with Gasteiger partial charge in [0.2, 0.25) is 0 Å². The van der Waals surface area contributed by atoms with Gasteiger partial charge in [-0.1, -0.05) is 46.3 Å². The molecule has 0 bridgehead atoms. The lowest BCUT2D eigenvalue weighted by molar-refractivity contribution is 0.102. The van der Waals surface area contributed by atoms with E-state index in [2.05, 4.69) is 21.2 Å². The molecule has 1 amide bonds. The molecule has 1 N–H and O–H groups in total. The number of hydrogen-bond donors (Lipinski definition) is 1. The Hall–Kier alpha value is -3.18. The maximum absolute atomic E-state index is 13.1. The number of benzene rings is 3. The van der Waals surface area contributed by atoms with E-state index < -0.39 is 0 Å². The Balaban J connectivity index is 1.72. The molecule has 0 aliphatic rings. The van der Waals surface area contributed by atoms with Gasteiger partial charge in [-0.3, -0.25) is 4.79 Å². The van der Waals surface area contributed by atoms with Crippen LogP contribution in [0.4, 0.5) is 5.69 Å². The molecule has 0 spiro atoms. The van der Waals surface area contributed by atoms with Gasteiger partial charge in [-0.2, -0.15) is 0 Å². The van der Waals surface area contributed by atoms with Gasteiger partial charge >= 0.3 is 0 Å². The number of aromatic nitrogens is 1. The number of halogens is 1. The zero-order chi connectivity index (χ0) is 20.2. The van der Waals surface area contributed by atoms with Crippen molar-refractivity contribution >= 4 is 38.4 Å². The Labute approximate surface area is 177 Å². The lowest BCUT2D eigenvalue weighted by Gasteiger charge is -2.11. The normalized spacial score (nSPS) is 10.7. The molecule has 0 radical (unpaired) electrons. The van der Waals surface area contributed by atoms with Crippen molar-refractivity contribution in [3.05, 3.63) is 88.9 Å². The first-order valence-electron chi connectivity index (χ1n) is 9.34. The summed E-state index contributed by atoms with van der Waals surface area (Å²) in [5.74, 6) is 0.598. The number of ether oxygens (including phenoxy) is 1. The summed E-state index contributed by atoms with van der Waals surface area (Å²) in [5, 5.41) is 3.79. The third-order valence-electron chi connectivity index (χ3n) is 4.50. The minimum Gasteiger partial charge on any atom is -0.494 e. The summed E-state index contributed by atoms with van der Waals surface area (Å²) in [6.45, 7) is 2.54. The van der Waals surface area contributed by atoms with Crippen molar-refractivity contribution < 1.29 is 9.53 Å². The Morgan fingerprint density at radius 2 is 1.79 bits per heavy atom. The average Bonchev–Trinajstić information content (AvgIpc) is 2.74. The van der Waals surface area contributed by atoms with Gasteiger partial charge in [0.15, 0.2) is 0 Å². The zero-order valence-electron chi connectivity index (χ0n) is 15.9. The van der Waals surface area contributed by atoms with Crippen LogP contribution in [0.5, 0.6) is 5.75 Å². The number of rotatable bonds is 5. The maximum Gasteiger partial charge on any atom is 0.256 e. The highest BCUT2D eigenvalue weighted by Crippen LogP contribution is 2.27. The van der Waals surface area contributed by atoms with E-state index in [4.69, 9.17) is 9.72 Å². The molecule has 4 rings (SSSR count). The van der Waals surface area contributed by atoms with Crippen LogP contribution in [0, 0.1) is 0 Å². The van der Waals surface area contributed by atoms with Crippen molar-refractivity contribution in [1.29, 1.82) is 0 Å². The van der Waals surface area contributed by atoms with Crippen molar-refractivity contribution in [2.45, 2.75) is 6.92 Å². The van der Waals surface area contributed by atoms with Gasteiger partial charge in [0.05, 0.1) is 23.4 Å². The topological polar surface area (TPSA) is 51.2 Å². The standard InChI is InChI=1S/C24H19BrN2O2/c1-2-29-19-12-10-18(11-13-19)26-24(28)21-15-23(16-6-5-7-17(25)14-16)27-22-9-4-3-8-20(21)22/h3-15H,2H2,1H3,(H,26,28). The van der Waals surface area contributed by atoms with Crippen LogP contribution in [0.1, 0.15) is 17.3 Å². The summed E-state index contributed by atoms with van der Waals surface area (Å²) >= 11 is 3.50. The molecule has 4 nitrogen and oxygen atoms in total. The third kappa shape index (κ3) is 4.30. The van der Waals surface area contributed by atoms with Gasteiger partial charge < -0.3 is 10.1 Å². The SMILES string of the molecule is CCOc1ccc(NC(=O)c2cc(-c3cccc(Br)c3)nc3ccccc23)cc1. The van der Waals surface area contributed by atoms with E-state index in [1.807, 2.05) is 85.8 Å². The van der Waals surface area contributed by atoms with Gasteiger partial charge in [-0.05, 0) is 55.5 Å². The zero-order valence-corrected chi connectivity index (χ0v) is 17.4. The Kier molecular flexibility index (Phi) is 5.58. The summed E-state index contributed by atoms with van der Waals surface area (Å²) in [7, 11) is 0. The highest BCUT2D eigenvalue weighted by atomic mass is 79.9. The van der Waals surface area contributed by atoms with Crippen LogP contribution in [0.2, 0.25) is 0 Å². The molecule has 0 aliphatic carbocycles. The monoisotopic (exact) mass is 446 g/mol. The van der Waals surface area contributed by atoms with Crippen LogP contribution in [-0.4, -0.2) is 17.5 Å². The molecule has 29 heavy (non-hydrogen) atoms. The number of carbonyl (C=O) groups is 1. The summed E-state index contributed by atoms with van der Waals surface area (Å²) in [6.07, 6.45) is 0. The molecular formula is C24H19BrN2O2. The molecule has 4 aromatic rings. The first-order valence-corrected chi connectivity index (χ1v) is 10.1. The van der Waals surface area contributed by atoms with E-state index in [0.29, 0.717) is 17.9 Å². The average molecular weight is 447 g/mol. The second kappa shape index (κ2) is 8.45. The first-order chi connectivity index (χ1) is 14.1. The molecule has 0 atom stereocenters. The summed E-state index contributed by atoms with van der Waals surface area (Å²) in [4.78, 5) is 17.9. The van der Waals surface area contributed by atoms with E-state index in [1.165, 1.54) is 0 Å². The second-order valence-electron chi connectivity index (χ2n) is 6.49. The lowest BCUT2D eigenvalue weighted by atomic mass is 10.0. The third-order valence-corrected chi connectivity index (χ3v) is 5.00. The Morgan fingerprint density at radius 1 is 1.00 bits per heavy atom. The lowest BCUT2D eigenvalue weighted by Crippen LogP contribution is -2.13. The molecular weight excluding hydrogens is 428 g/mol. The minimum absolute atomic E-state index is 0.177. The Bertz CT molecular complexity index is 1170. The predicted octanol–water partition coefficient (Wildman–Crippen LogP) is 6.32. The van der Waals surface area contributed by atoms with Crippen LogP contribution >= 0.6 is 15.9 Å². The largest absolute Gasteiger partial charge is 0.494 e. The molecule has 1 aromatic heterocycles. The smallest absolute Gasteiger partial charge is 0.256 e. The van der Waals surface area contributed by atoms with E-state index in [9.17, 15) is 4.79 Å². The number of pyridine rings is 1. The van der Waals surface area contributed by atoms with Crippen molar-refractivity contribution in [2.75, 3.05) is 11.9 Å². The fourth-order valence-corrected chi connectivity index (χ4v) is 3.56. The molecule has 0 unspecified atom stereocenters. The minimum atomic E-state index is -0.177. The molecule has 0 fully saturated rings. The molecule has 0 saturated heterocycles. The van der Waals surface area contributed by atoms with Gasteiger partial charge in [0, 0.05) is 21.1 Å². The predicted molar refractivity (Wildman–Crippen MR) is 120 cm³/mol. The first kappa shape index (κ1) is 19.2. The number of para-hydroxylation sites is 1. The maximum atomic E-state index is 13.1. The molecule has 144 valence electrons. The molecule has 3 aromatic carbocycles. The van der Waals surface area contributed by atoms with Crippen LogP contribution < -0.4 is 10.1 Å². The van der Waals surface area contributed by atoms with Crippen molar-refractivity contribution in [2.24, 2.45) is 0 Å². The van der Waals surface area contributed by atoms with Crippen LogP contribution in [0.15, 0.2) is 83.3 Å². The fraction of sp³-hybridized carbons (Fsp3) is 0.0833. The number of fused-ring (bicyclic) bond motifs is 1. The number of anilines is 1. The van der Waals surface area contributed by atoms with E-state index in [0.717, 1.165) is 32.4 Å². The molecule has 5 heteroatoms. The summed E-state index contributed by atoms with van der Waals surface area (Å²) in [6, 6.07) is 24.8. The summed E-state index contributed by atoms with van der Waals surface area (Å²) < 4.78 is 6.42. The summed E-state index contributed by atoms with van der Waals surface area (Å²) in [5.41, 5.74) is 3.77. The van der Waals surface area contributed by atoms with Crippen molar-refractivity contribution in [1.82, 2.24) is 4.98 Å². The van der Waals surface area contributed by atoms with Crippen molar-refractivity contribution in [3.63, 3.8) is 0 Å². The number of carbonyl (C=O) groups excluding carboxylic acids is 1. The number of nitrogens with one attached hydrogen (secondary N) is 1. The van der Waals surface area contributed by atoms with Crippen molar-refractivity contribution in [3.8, 4) is 17.0 Å². The number of hydrogen-bond acceptors (Lipinski definition) is 3. The fourth-order valence-electron chi connectivity index (χ4n) is 3.16. The quantitative estimate of drug-likeness (QED) is 0.390. The molecule has 1 heterocycles. The van der Waals surface area contributed by atoms with E-state index >= 15 is 0 Å². The van der Waals surface area contributed by atoms with Gasteiger partial charge in [-0.25, -0.2) is 4.98 Å². The Morgan fingerprint density at radius 3 is 2.55 bits per heavy atom. The van der Waals surface area contributed by atoms with Crippen LogP contribution in [0.25, 0.3) is 22.2 Å². The van der Waals surface area contributed by atoms with Crippen LogP contribution in [0.3, 0.4) is 0 Å². The highest BCUT2D eigenvalue weighted by molar-refractivity contribution is 9.10. The molecule has 0 saturated carbocycles. The van der Waals surface area contributed by atoms with Crippen LogP contribution in [-0.2, 0) is 0 Å². The van der Waals surface area contributed by atoms with Gasteiger partial charge in [-0.15, -0.1) is 0 Å². The van der Waals surface area contributed by atoms with E-state index in [-0.39, 0.29) is 5.91 Å². The second-order valence-corrected chi connectivity index (χ2v) is 7.41. The van der Waals surface area contributed by atoms with E-state index in [1.54, 1.807) is 0 Å².